The second-order valence-corrected chi connectivity index (χ2v) is 37.7. The fourth-order valence-corrected chi connectivity index (χ4v) is 21.7. The monoisotopic (exact) mass is 1920 g/mol. The van der Waals surface area contributed by atoms with Crippen molar-refractivity contribution in [2.75, 3.05) is 0 Å². The average Bonchev–Trinajstić information content (AvgIpc) is 1.33. The first-order chi connectivity index (χ1) is 73.9. The van der Waals surface area contributed by atoms with E-state index in [9.17, 15) is 0 Å². The zero-order valence-corrected chi connectivity index (χ0v) is 81.1. The van der Waals surface area contributed by atoms with Crippen LogP contribution in [0.2, 0.25) is 0 Å². The largest absolute Gasteiger partial charge is 0.265 e. The van der Waals surface area contributed by atoms with Crippen LogP contribution in [0.1, 0.15) is 0 Å². The van der Waals surface area contributed by atoms with Crippen molar-refractivity contribution in [3.05, 3.63) is 517 Å². The SMILES string of the molecule is c1cc(-c2cc(-c3ccncc3)nc(-c3ccncc3)c2)cc(-c2cc3cccnc3c3ccccc23)c1.c1ccc(-c2nc(-c3cccc(-c4cc5cccnc5c5ccccc45)c3)nc3c2sc2ccccc23)cc1.c1ccc(-c2nc(-c3cccc(-c4cc5cccnc5c5ccccc45)c3)nc3ccccc23)cc1.c1ccc(-c2nc3ccccc3nc2-c2cccc(-c3cc4cccnc4c4ccccc34)c2)cc1. The fourth-order valence-electron chi connectivity index (χ4n) is 20.5. The molecule has 0 unspecified atom stereocenters. The van der Waals surface area contributed by atoms with Gasteiger partial charge in [0, 0.05) is 153 Å². The van der Waals surface area contributed by atoms with E-state index in [0.29, 0.717) is 0 Å². The zero-order valence-electron chi connectivity index (χ0n) is 80.3. The topological polar surface area (TPSA) is 168 Å². The van der Waals surface area contributed by atoms with E-state index in [-0.39, 0.29) is 0 Å². The number of hydrogen-bond donors (Lipinski definition) is 0. The Balaban J connectivity index is 0.000000100. The third kappa shape index (κ3) is 17.5. The summed E-state index contributed by atoms with van der Waals surface area (Å²) in [7, 11) is 0. The summed E-state index contributed by atoms with van der Waals surface area (Å²) < 4.78 is 2.34. The van der Waals surface area contributed by atoms with Crippen molar-refractivity contribution in [3.63, 3.8) is 0 Å². The molecule has 29 rings (SSSR count). The molecule has 11 aromatic heterocycles. The van der Waals surface area contributed by atoms with Crippen LogP contribution in [0.15, 0.2) is 517 Å². The quantitative estimate of drug-likeness (QED) is 0.100. The van der Waals surface area contributed by atoms with Crippen molar-refractivity contribution in [1.82, 2.24) is 64.8 Å². The maximum absolute atomic E-state index is 5.17. The molecule has 0 atom stereocenters. The minimum absolute atomic E-state index is 0.723. The van der Waals surface area contributed by atoms with Crippen molar-refractivity contribution in [2.24, 2.45) is 0 Å². The van der Waals surface area contributed by atoms with Gasteiger partial charge in [0.2, 0.25) is 0 Å². The molecule has 18 aromatic carbocycles. The van der Waals surface area contributed by atoms with Gasteiger partial charge in [0.05, 0.1) is 83.0 Å². The lowest BCUT2D eigenvalue weighted by atomic mass is 9.93. The summed E-state index contributed by atoms with van der Waals surface area (Å²) in [5.41, 5.74) is 33.2. The molecule has 0 bridgehead atoms. The van der Waals surface area contributed by atoms with Gasteiger partial charge in [-0.3, -0.25) is 29.9 Å². The van der Waals surface area contributed by atoms with Crippen LogP contribution >= 0.6 is 11.3 Å². The number of rotatable bonds is 13. The van der Waals surface area contributed by atoms with Gasteiger partial charge in [-0.1, -0.05) is 334 Å². The van der Waals surface area contributed by atoms with Crippen LogP contribution in [0.4, 0.5) is 0 Å². The maximum atomic E-state index is 5.17. The highest BCUT2D eigenvalue weighted by atomic mass is 32.1. The average molecular weight is 1920 g/mol. The highest BCUT2D eigenvalue weighted by Crippen LogP contribution is 2.46. The van der Waals surface area contributed by atoms with E-state index < -0.39 is 0 Å². The zero-order chi connectivity index (χ0) is 98.9. The molecule has 696 valence electrons. The number of nitrogens with zero attached hydrogens (tertiary/aromatic N) is 13. The van der Waals surface area contributed by atoms with E-state index in [1.165, 1.54) is 53.9 Å². The van der Waals surface area contributed by atoms with E-state index in [2.05, 4.69) is 370 Å². The number of thiophene rings is 1. The molecule has 0 saturated heterocycles. The molecular formula is C135H85N13S. The Morgan fingerprint density at radius 3 is 0.906 bits per heavy atom. The van der Waals surface area contributed by atoms with Gasteiger partial charge < -0.3 is 0 Å². The molecule has 0 amide bonds. The van der Waals surface area contributed by atoms with Gasteiger partial charge >= 0.3 is 0 Å². The first-order valence-electron chi connectivity index (χ1n) is 49.6. The van der Waals surface area contributed by atoms with Crippen LogP contribution in [0.25, 0.3) is 275 Å². The molecule has 0 aliphatic carbocycles. The highest BCUT2D eigenvalue weighted by Gasteiger charge is 2.24. The normalized spacial score (nSPS) is 11.4. The molecule has 13 nitrogen and oxygen atoms in total. The summed E-state index contributed by atoms with van der Waals surface area (Å²) in [6.45, 7) is 0. The molecule has 149 heavy (non-hydrogen) atoms. The number of hydrogen-bond acceptors (Lipinski definition) is 14. The first kappa shape index (κ1) is 89.2. The number of aromatic nitrogens is 13. The van der Waals surface area contributed by atoms with Crippen molar-refractivity contribution in [2.45, 2.75) is 0 Å². The van der Waals surface area contributed by atoms with Crippen molar-refractivity contribution >= 4 is 140 Å². The predicted molar refractivity (Wildman–Crippen MR) is 616 cm³/mol. The van der Waals surface area contributed by atoms with Gasteiger partial charge in [-0.2, -0.15) is 0 Å². The number of para-hydroxylation sites is 3. The first-order valence-corrected chi connectivity index (χ1v) is 50.4. The standard InChI is InChI=1S/C35H21N3S.C34H22N4.2C33H21N3/c1-2-10-22(11-3-1)32-34-33(28-17-6-7-18-30(28)39-34)38-35(37-32)25-13-8-12-23(20-25)29-21-24-14-9-19-36-31(24)27-16-5-4-15-26(27)29;1-2-9-30-29(8-1)31(20-27-7-4-14-37-34(27)30)26-6-3-5-25(19-26)28-21-32(23-10-15-35-16-11-23)38-33(22-28)24-12-17-36-18-13-24;1-2-10-22(11-3-1)32-28-17-6-7-18-30(28)35-33(36-32)25-13-8-12-23(20-25)29-21-24-14-9-19-34-31(24)27-16-5-4-15-26(27)29;1-2-10-22(11-3-1)32-33(36-30-18-7-6-17-29(30)35-32)24-13-8-12-23(20-24)28-21-25-14-9-19-34-31(25)27-16-5-4-15-26(27)28/h1-21H;1-22H;2*1-21H. The van der Waals surface area contributed by atoms with Gasteiger partial charge in [-0.15, -0.1) is 11.3 Å². The van der Waals surface area contributed by atoms with Crippen LogP contribution in [-0.2, 0) is 0 Å². The van der Waals surface area contributed by atoms with E-state index in [1.54, 1.807) is 36.1 Å². The molecule has 0 aliphatic rings. The van der Waals surface area contributed by atoms with Gasteiger partial charge in [-0.05, 0) is 211 Å². The van der Waals surface area contributed by atoms with Crippen LogP contribution in [0.5, 0.6) is 0 Å². The molecular weight excluding hydrogens is 1840 g/mol. The molecule has 0 aliphatic heterocycles. The summed E-state index contributed by atoms with van der Waals surface area (Å²) in [6, 6.07) is 162. The Hall–Kier alpha value is -19.9. The third-order valence-corrected chi connectivity index (χ3v) is 28.7. The summed E-state index contributed by atoms with van der Waals surface area (Å²) in [5, 5.41) is 16.1. The van der Waals surface area contributed by atoms with Crippen LogP contribution < -0.4 is 0 Å². The molecule has 0 fully saturated rings. The van der Waals surface area contributed by atoms with Crippen molar-refractivity contribution < 1.29 is 0 Å². The van der Waals surface area contributed by atoms with Gasteiger partial charge in [-0.25, -0.2) is 34.9 Å². The maximum Gasteiger partial charge on any atom is 0.160 e. The van der Waals surface area contributed by atoms with Crippen molar-refractivity contribution in [1.29, 1.82) is 0 Å². The Morgan fingerprint density at radius 1 is 0.154 bits per heavy atom. The summed E-state index contributed by atoms with van der Waals surface area (Å²) in [6.07, 6.45) is 14.6. The summed E-state index contributed by atoms with van der Waals surface area (Å²) in [4.78, 5) is 62.5. The minimum atomic E-state index is 0.723. The Kier molecular flexibility index (Phi) is 23.6. The molecule has 0 spiro atoms. The molecule has 29 aromatic rings. The molecule has 0 saturated carbocycles. The van der Waals surface area contributed by atoms with E-state index in [4.69, 9.17) is 34.9 Å². The van der Waals surface area contributed by atoms with Crippen molar-refractivity contribution in [3.8, 4) is 146 Å². The lowest BCUT2D eigenvalue weighted by Gasteiger charge is -2.13. The van der Waals surface area contributed by atoms with E-state index in [0.717, 1.165) is 221 Å². The molecule has 11 heterocycles. The third-order valence-electron chi connectivity index (χ3n) is 27.6. The summed E-state index contributed by atoms with van der Waals surface area (Å²) >= 11 is 1.76. The lowest BCUT2D eigenvalue weighted by molar-refractivity contribution is 1.23. The van der Waals surface area contributed by atoms with Crippen LogP contribution in [-0.4, -0.2) is 64.8 Å². The van der Waals surface area contributed by atoms with Gasteiger partial charge in [0.1, 0.15) is 0 Å². The van der Waals surface area contributed by atoms with E-state index in [1.807, 2.05) is 152 Å². The second-order valence-electron chi connectivity index (χ2n) is 36.7. The van der Waals surface area contributed by atoms with Crippen LogP contribution in [0.3, 0.4) is 0 Å². The highest BCUT2D eigenvalue weighted by molar-refractivity contribution is 7.26. The minimum Gasteiger partial charge on any atom is -0.265 e. The van der Waals surface area contributed by atoms with Gasteiger partial charge in [0.25, 0.3) is 0 Å². The Morgan fingerprint density at radius 2 is 0.470 bits per heavy atom. The summed E-state index contributed by atoms with van der Waals surface area (Å²) in [5.74, 6) is 1.46. The Labute approximate surface area is 861 Å². The molecule has 0 N–H and O–H groups in total. The fraction of sp³-hybridized carbons (Fsp3) is 0. The predicted octanol–water partition coefficient (Wildman–Crippen LogP) is 34.5. The van der Waals surface area contributed by atoms with Crippen LogP contribution in [0, 0.1) is 0 Å². The number of fused-ring (bicyclic) bond motifs is 17. The lowest BCUT2D eigenvalue weighted by Crippen LogP contribution is -1.95. The number of pyridine rings is 7. The number of benzene rings is 18. The smallest absolute Gasteiger partial charge is 0.160 e. The molecule has 14 heteroatoms. The Bertz CT molecular complexity index is 10100. The second kappa shape index (κ2) is 39.4. The molecule has 0 radical (unpaired) electrons. The van der Waals surface area contributed by atoms with Gasteiger partial charge in [0.15, 0.2) is 11.6 Å². The van der Waals surface area contributed by atoms with E-state index >= 15 is 0 Å².